The van der Waals surface area contributed by atoms with Crippen molar-refractivity contribution in [1.82, 2.24) is 0 Å². The number of carbonyl (C=O) groups excluding carboxylic acids is 2. The third-order valence-electron chi connectivity index (χ3n) is 2.22. The largest absolute Gasteiger partial charge is 0.465 e. The van der Waals surface area contributed by atoms with Crippen LogP contribution < -0.4 is 0 Å². The van der Waals surface area contributed by atoms with Gasteiger partial charge >= 0.3 is 11.9 Å². The Morgan fingerprint density at radius 3 is 1.94 bits per heavy atom. The summed E-state index contributed by atoms with van der Waals surface area (Å²) >= 11 is 0. The maximum Gasteiger partial charge on any atom is 0.323 e. The van der Waals surface area contributed by atoms with Gasteiger partial charge in [0.25, 0.3) is 0 Å². The molecule has 0 aromatic carbocycles. The summed E-state index contributed by atoms with van der Waals surface area (Å²) in [5, 5.41) is 0. The first kappa shape index (κ1) is 14.5. The molecule has 0 aliphatic carbocycles. The zero-order chi connectivity index (χ0) is 12.6. The number of esters is 2. The Morgan fingerprint density at radius 2 is 1.62 bits per heavy atom. The highest BCUT2D eigenvalue weighted by molar-refractivity contribution is 5.99. The van der Waals surface area contributed by atoms with Crippen molar-refractivity contribution in [2.75, 3.05) is 13.2 Å². The van der Waals surface area contributed by atoms with Crippen molar-refractivity contribution in [1.29, 1.82) is 0 Å². The molecule has 90 valence electrons. The molecule has 4 heteroatoms. The van der Waals surface area contributed by atoms with Gasteiger partial charge in [-0.15, -0.1) is 12.3 Å². The second-order valence-electron chi connectivity index (χ2n) is 3.48. The monoisotopic (exact) mass is 226 g/mol. The molecule has 0 radical (unpaired) electrons. The van der Waals surface area contributed by atoms with E-state index in [1.807, 2.05) is 0 Å². The van der Waals surface area contributed by atoms with E-state index >= 15 is 0 Å². The third kappa shape index (κ3) is 3.58. The third-order valence-corrected chi connectivity index (χ3v) is 2.22. The summed E-state index contributed by atoms with van der Waals surface area (Å²) in [6, 6.07) is 0. The topological polar surface area (TPSA) is 52.6 Å². The normalized spacial score (nSPS) is 10.4. The van der Waals surface area contributed by atoms with E-state index in [-0.39, 0.29) is 19.6 Å². The van der Waals surface area contributed by atoms with Gasteiger partial charge in [-0.3, -0.25) is 9.59 Å². The molecule has 0 saturated heterocycles. The van der Waals surface area contributed by atoms with Crippen LogP contribution in [0.5, 0.6) is 0 Å². The van der Waals surface area contributed by atoms with Crippen molar-refractivity contribution in [3.8, 4) is 12.3 Å². The van der Waals surface area contributed by atoms with Crippen LogP contribution in [0.15, 0.2) is 0 Å². The molecule has 0 N–H and O–H groups in total. The average Bonchev–Trinajstić information content (AvgIpc) is 2.26. The number of hydrogen-bond donors (Lipinski definition) is 0. The Hall–Kier alpha value is -1.50. The lowest BCUT2D eigenvalue weighted by Gasteiger charge is -2.23. The first-order valence-electron chi connectivity index (χ1n) is 5.30. The fraction of sp³-hybridized carbons (Fsp3) is 0.667. The van der Waals surface area contributed by atoms with Crippen molar-refractivity contribution in [2.45, 2.75) is 33.6 Å². The summed E-state index contributed by atoms with van der Waals surface area (Å²) in [6.45, 7) is 5.32. The molecule has 0 fully saturated rings. The molecular formula is C12H18O4. The fourth-order valence-corrected chi connectivity index (χ4v) is 1.19. The highest BCUT2D eigenvalue weighted by Crippen LogP contribution is 2.27. The van der Waals surface area contributed by atoms with Crippen molar-refractivity contribution >= 4 is 11.9 Å². The minimum absolute atomic E-state index is 0.226. The summed E-state index contributed by atoms with van der Waals surface area (Å²) in [4.78, 5) is 23.4. The Morgan fingerprint density at radius 1 is 1.19 bits per heavy atom. The van der Waals surface area contributed by atoms with Gasteiger partial charge in [0.15, 0.2) is 5.41 Å². The van der Waals surface area contributed by atoms with Gasteiger partial charge in [-0.25, -0.2) is 0 Å². The van der Waals surface area contributed by atoms with Gasteiger partial charge < -0.3 is 9.47 Å². The molecule has 0 atom stereocenters. The van der Waals surface area contributed by atoms with Gasteiger partial charge in [0.2, 0.25) is 0 Å². The molecule has 0 aromatic heterocycles. The van der Waals surface area contributed by atoms with Gasteiger partial charge in [-0.1, -0.05) is 0 Å². The summed E-state index contributed by atoms with van der Waals surface area (Å²) in [7, 11) is 0. The van der Waals surface area contributed by atoms with Crippen LogP contribution in [0.25, 0.3) is 0 Å². The fourth-order valence-electron chi connectivity index (χ4n) is 1.19. The van der Waals surface area contributed by atoms with Crippen LogP contribution in [0.1, 0.15) is 33.6 Å². The Bertz CT molecular complexity index is 270. The van der Waals surface area contributed by atoms with Crippen LogP contribution in [0.2, 0.25) is 0 Å². The molecule has 0 aromatic rings. The molecule has 0 unspecified atom stereocenters. The zero-order valence-corrected chi connectivity index (χ0v) is 10.0. The Kier molecular flexibility index (Phi) is 6.24. The molecule has 0 aliphatic heterocycles. The van der Waals surface area contributed by atoms with E-state index in [1.54, 1.807) is 13.8 Å². The second kappa shape index (κ2) is 6.89. The van der Waals surface area contributed by atoms with E-state index in [2.05, 4.69) is 5.92 Å². The summed E-state index contributed by atoms with van der Waals surface area (Å²) < 4.78 is 9.73. The number of carbonyl (C=O) groups is 2. The molecule has 0 bridgehead atoms. The lowest BCUT2D eigenvalue weighted by molar-refractivity contribution is -0.171. The maximum absolute atomic E-state index is 11.7. The molecule has 16 heavy (non-hydrogen) atoms. The predicted octanol–water partition coefficient (Wildman–Crippen LogP) is 1.53. The smallest absolute Gasteiger partial charge is 0.323 e. The number of terminal acetylenes is 1. The molecule has 0 spiro atoms. The van der Waals surface area contributed by atoms with Gasteiger partial charge in [0.05, 0.1) is 13.2 Å². The minimum atomic E-state index is -1.29. The van der Waals surface area contributed by atoms with E-state index < -0.39 is 17.4 Å². The Labute approximate surface area is 96.3 Å². The SMILES string of the molecule is C#CCCC(C)(C(=O)OCC)C(=O)OCC. The second-order valence-corrected chi connectivity index (χ2v) is 3.48. The number of rotatable bonds is 6. The van der Waals surface area contributed by atoms with E-state index in [1.165, 1.54) is 6.92 Å². The van der Waals surface area contributed by atoms with Crippen molar-refractivity contribution in [3.05, 3.63) is 0 Å². The van der Waals surface area contributed by atoms with Crippen LogP contribution >= 0.6 is 0 Å². The van der Waals surface area contributed by atoms with Gasteiger partial charge in [-0.05, 0) is 27.2 Å². The van der Waals surface area contributed by atoms with Gasteiger partial charge in [0.1, 0.15) is 0 Å². The van der Waals surface area contributed by atoms with Crippen molar-refractivity contribution < 1.29 is 19.1 Å². The quantitative estimate of drug-likeness (QED) is 0.391. The van der Waals surface area contributed by atoms with E-state index in [4.69, 9.17) is 15.9 Å². The molecular weight excluding hydrogens is 208 g/mol. The highest BCUT2D eigenvalue weighted by Gasteiger charge is 2.43. The molecule has 0 saturated carbocycles. The van der Waals surface area contributed by atoms with Crippen molar-refractivity contribution in [2.24, 2.45) is 5.41 Å². The first-order valence-corrected chi connectivity index (χ1v) is 5.30. The Balaban J connectivity index is 4.80. The van der Waals surface area contributed by atoms with Gasteiger partial charge in [-0.2, -0.15) is 0 Å². The molecule has 0 amide bonds. The predicted molar refractivity (Wildman–Crippen MR) is 59.4 cm³/mol. The zero-order valence-electron chi connectivity index (χ0n) is 10.0. The van der Waals surface area contributed by atoms with Crippen LogP contribution in [0, 0.1) is 17.8 Å². The summed E-state index contributed by atoms with van der Waals surface area (Å²) in [6.07, 6.45) is 5.69. The van der Waals surface area contributed by atoms with E-state index in [0.29, 0.717) is 6.42 Å². The van der Waals surface area contributed by atoms with Crippen molar-refractivity contribution in [3.63, 3.8) is 0 Å². The number of ether oxygens (including phenoxy) is 2. The lowest BCUT2D eigenvalue weighted by atomic mass is 9.85. The standard InChI is InChI=1S/C12H18O4/c1-5-8-9-12(4,10(13)15-6-2)11(14)16-7-3/h1H,6-9H2,2-4H3. The average molecular weight is 226 g/mol. The van der Waals surface area contributed by atoms with Crippen LogP contribution in [0.4, 0.5) is 0 Å². The first-order chi connectivity index (χ1) is 7.52. The minimum Gasteiger partial charge on any atom is -0.465 e. The molecule has 0 heterocycles. The van der Waals surface area contributed by atoms with E-state index in [9.17, 15) is 9.59 Å². The van der Waals surface area contributed by atoms with Crippen LogP contribution in [-0.4, -0.2) is 25.2 Å². The highest BCUT2D eigenvalue weighted by atomic mass is 16.6. The maximum atomic E-state index is 11.7. The summed E-state index contributed by atoms with van der Waals surface area (Å²) in [5.41, 5.74) is -1.29. The van der Waals surface area contributed by atoms with Crippen LogP contribution in [-0.2, 0) is 19.1 Å². The lowest BCUT2D eigenvalue weighted by Crippen LogP contribution is -2.39. The van der Waals surface area contributed by atoms with Gasteiger partial charge in [0, 0.05) is 6.42 Å². The molecule has 4 nitrogen and oxygen atoms in total. The summed E-state index contributed by atoms with van der Waals surface area (Å²) in [5.74, 6) is 1.24. The van der Waals surface area contributed by atoms with Crippen LogP contribution in [0.3, 0.4) is 0 Å². The molecule has 0 aliphatic rings. The van der Waals surface area contributed by atoms with E-state index in [0.717, 1.165) is 0 Å². The molecule has 0 rings (SSSR count). The number of hydrogen-bond acceptors (Lipinski definition) is 4.